The van der Waals surface area contributed by atoms with E-state index in [0.29, 0.717) is 17.8 Å². The van der Waals surface area contributed by atoms with Crippen LogP contribution in [0, 0.1) is 5.82 Å². The highest BCUT2D eigenvalue weighted by Crippen LogP contribution is 2.23. The van der Waals surface area contributed by atoms with Crippen LogP contribution in [0.25, 0.3) is 0 Å². The molecule has 0 saturated carbocycles. The Hall–Kier alpha value is -2.42. The highest BCUT2D eigenvalue weighted by atomic mass is 32.2. The maximum absolute atomic E-state index is 13.1. The van der Waals surface area contributed by atoms with Crippen LogP contribution in [0.3, 0.4) is 0 Å². The highest BCUT2D eigenvalue weighted by Gasteiger charge is 2.26. The number of hydrogen-bond donors (Lipinski definition) is 1. The van der Waals surface area contributed by atoms with Gasteiger partial charge < -0.3 is 14.8 Å². The van der Waals surface area contributed by atoms with Gasteiger partial charge in [0.15, 0.2) is 0 Å². The fraction of sp³-hybridized carbons (Fsp3) is 0.500. The van der Waals surface area contributed by atoms with Crippen molar-refractivity contribution in [1.29, 1.82) is 0 Å². The van der Waals surface area contributed by atoms with Crippen molar-refractivity contribution in [3.8, 4) is 0 Å². The van der Waals surface area contributed by atoms with Crippen molar-refractivity contribution in [3.05, 3.63) is 47.5 Å². The second kappa shape index (κ2) is 9.39. The van der Waals surface area contributed by atoms with Gasteiger partial charge in [0, 0.05) is 18.6 Å². The van der Waals surface area contributed by atoms with Crippen LogP contribution in [0.1, 0.15) is 51.9 Å². The molecule has 0 saturated heterocycles. The quantitative estimate of drug-likeness (QED) is 0.703. The monoisotopic (exact) mass is 424 g/mol. The molecule has 7 nitrogen and oxygen atoms in total. The Morgan fingerprint density at radius 3 is 2.34 bits per heavy atom. The number of aromatic nitrogens is 2. The second-order valence-electron chi connectivity index (χ2n) is 7.50. The zero-order chi connectivity index (χ0) is 21.8. The van der Waals surface area contributed by atoms with E-state index in [0.717, 1.165) is 0 Å². The van der Waals surface area contributed by atoms with Crippen molar-refractivity contribution in [2.45, 2.75) is 64.2 Å². The van der Waals surface area contributed by atoms with Gasteiger partial charge in [-0.25, -0.2) is 22.6 Å². The average molecular weight is 425 g/mol. The summed E-state index contributed by atoms with van der Waals surface area (Å²) in [5.74, 6) is -0.696. The molecule has 1 heterocycles. The zero-order valence-electron chi connectivity index (χ0n) is 17.5. The first kappa shape index (κ1) is 22.9. The van der Waals surface area contributed by atoms with E-state index in [9.17, 15) is 17.6 Å². The van der Waals surface area contributed by atoms with Gasteiger partial charge in [0.05, 0.1) is 24.2 Å². The largest absolute Gasteiger partial charge is 0.336 e. The molecule has 2 rings (SSSR count). The van der Waals surface area contributed by atoms with Crippen molar-refractivity contribution in [2.75, 3.05) is 6.54 Å². The van der Waals surface area contributed by atoms with Crippen LogP contribution < -0.4 is 5.32 Å². The molecule has 0 atom stereocenters. The van der Waals surface area contributed by atoms with E-state index in [1.807, 2.05) is 34.6 Å². The number of amides is 2. The van der Waals surface area contributed by atoms with Gasteiger partial charge in [-0.15, -0.1) is 0 Å². The number of benzene rings is 1. The summed E-state index contributed by atoms with van der Waals surface area (Å²) in [6, 6.07) is 4.98. The van der Waals surface area contributed by atoms with Crippen molar-refractivity contribution in [3.63, 3.8) is 0 Å². The molecule has 2 aromatic rings. The molecule has 0 fully saturated rings. The first-order chi connectivity index (χ1) is 13.5. The summed E-state index contributed by atoms with van der Waals surface area (Å²) < 4.78 is 40.7. The Morgan fingerprint density at radius 1 is 1.21 bits per heavy atom. The molecular weight excluding hydrogens is 395 g/mol. The third-order valence-electron chi connectivity index (χ3n) is 4.34. The Bertz CT molecular complexity index is 937. The van der Waals surface area contributed by atoms with E-state index in [-0.39, 0.29) is 35.6 Å². The number of nitrogens with one attached hydrogen (secondary N) is 1. The normalized spacial score (nSPS) is 11.9. The Morgan fingerprint density at radius 2 is 1.83 bits per heavy atom. The average Bonchev–Trinajstić information content (AvgIpc) is 3.05. The van der Waals surface area contributed by atoms with Gasteiger partial charge in [-0.2, -0.15) is 0 Å². The molecule has 1 N–H and O–H groups in total. The molecule has 160 valence electrons. The van der Waals surface area contributed by atoms with Crippen LogP contribution in [-0.2, 0) is 22.1 Å². The van der Waals surface area contributed by atoms with E-state index in [1.54, 1.807) is 9.47 Å². The maximum atomic E-state index is 13.1. The Labute approximate surface area is 171 Å². The van der Waals surface area contributed by atoms with Gasteiger partial charge in [-0.1, -0.05) is 12.1 Å². The maximum Gasteiger partial charge on any atom is 0.317 e. The number of carbonyl (C=O) groups is 1. The van der Waals surface area contributed by atoms with Crippen LogP contribution in [-0.4, -0.2) is 41.5 Å². The molecule has 1 aromatic heterocycles. The summed E-state index contributed by atoms with van der Waals surface area (Å²) in [5, 5.41) is 2.80. The molecular formula is C20H29FN4O3S. The van der Waals surface area contributed by atoms with E-state index in [2.05, 4.69) is 10.3 Å². The molecule has 0 aliphatic heterocycles. The fourth-order valence-corrected chi connectivity index (χ4v) is 4.60. The zero-order valence-corrected chi connectivity index (χ0v) is 18.3. The molecule has 29 heavy (non-hydrogen) atoms. The lowest BCUT2D eigenvalue weighted by atomic mass is 10.2. The number of nitrogens with zero attached hydrogens (tertiary/aromatic N) is 3. The number of sulfone groups is 1. The molecule has 2 amide bonds. The third-order valence-corrected chi connectivity index (χ3v) is 5.91. The SMILES string of the molecule is CCN(Cc1cnc(S(=O)(=O)Cc2ccc(F)cc2)n1C(C)C)C(=O)NC(C)C. The van der Waals surface area contributed by atoms with Crippen molar-refractivity contribution >= 4 is 15.9 Å². The van der Waals surface area contributed by atoms with Crippen molar-refractivity contribution in [1.82, 2.24) is 19.8 Å². The molecule has 0 aliphatic rings. The van der Waals surface area contributed by atoms with Gasteiger partial charge in [0.2, 0.25) is 15.0 Å². The lowest BCUT2D eigenvalue weighted by Crippen LogP contribution is -2.42. The minimum absolute atomic E-state index is 0.00166. The standard InChI is InChI=1S/C20H29FN4O3S/c1-6-24(19(26)23-14(2)3)12-18-11-22-20(25(18)15(4)5)29(27,28)13-16-7-9-17(21)10-8-16/h7-11,14-15H,6,12-13H2,1-5H3,(H,23,26). The van der Waals surface area contributed by atoms with Gasteiger partial charge in [-0.05, 0) is 52.3 Å². The topological polar surface area (TPSA) is 84.3 Å². The summed E-state index contributed by atoms with van der Waals surface area (Å²) in [5.41, 5.74) is 1.12. The fourth-order valence-electron chi connectivity index (χ4n) is 3.00. The van der Waals surface area contributed by atoms with Gasteiger partial charge in [0.25, 0.3) is 0 Å². The summed E-state index contributed by atoms with van der Waals surface area (Å²) in [6.45, 7) is 10.1. The van der Waals surface area contributed by atoms with Crippen LogP contribution >= 0.6 is 0 Å². The first-order valence-electron chi connectivity index (χ1n) is 9.63. The lowest BCUT2D eigenvalue weighted by molar-refractivity contribution is 0.193. The van der Waals surface area contributed by atoms with E-state index in [1.165, 1.54) is 30.5 Å². The van der Waals surface area contributed by atoms with E-state index in [4.69, 9.17) is 0 Å². The summed E-state index contributed by atoms with van der Waals surface area (Å²) in [4.78, 5) is 18.2. The van der Waals surface area contributed by atoms with Gasteiger partial charge >= 0.3 is 6.03 Å². The molecule has 0 radical (unpaired) electrons. The summed E-state index contributed by atoms with van der Waals surface area (Å²) in [6.07, 6.45) is 1.50. The minimum atomic E-state index is -3.75. The number of halogens is 1. The number of rotatable bonds is 8. The van der Waals surface area contributed by atoms with Crippen LogP contribution in [0.2, 0.25) is 0 Å². The number of urea groups is 1. The predicted molar refractivity (Wildman–Crippen MR) is 110 cm³/mol. The molecule has 0 aliphatic carbocycles. The van der Waals surface area contributed by atoms with Crippen molar-refractivity contribution < 1.29 is 17.6 Å². The van der Waals surface area contributed by atoms with E-state index >= 15 is 0 Å². The Balaban J connectivity index is 2.34. The lowest BCUT2D eigenvalue weighted by Gasteiger charge is -2.24. The van der Waals surface area contributed by atoms with Crippen LogP contribution in [0.4, 0.5) is 9.18 Å². The highest BCUT2D eigenvalue weighted by molar-refractivity contribution is 7.90. The van der Waals surface area contributed by atoms with Crippen LogP contribution in [0.5, 0.6) is 0 Å². The van der Waals surface area contributed by atoms with Gasteiger partial charge in [0.1, 0.15) is 5.82 Å². The number of hydrogen-bond acceptors (Lipinski definition) is 4. The number of carbonyl (C=O) groups excluding carboxylic acids is 1. The van der Waals surface area contributed by atoms with E-state index < -0.39 is 15.7 Å². The van der Waals surface area contributed by atoms with Gasteiger partial charge in [-0.3, -0.25) is 0 Å². The number of imidazole rings is 1. The smallest absolute Gasteiger partial charge is 0.317 e. The summed E-state index contributed by atoms with van der Waals surface area (Å²) >= 11 is 0. The summed E-state index contributed by atoms with van der Waals surface area (Å²) in [7, 11) is -3.75. The minimum Gasteiger partial charge on any atom is -0.336 e. The third kappa shape index (κ3) is 5.79. The molecule has 1 aromatic carbocycles. The molecule has 0 bridgehead atoms. The van der Waals surface area contributed by atoms with Crippen molar-refractivity contribution in [2.24, 2.45) is 0 Å². The predicted octanol–water partition coefficient (Wildman–Crippen LogP) is 3.52. The second-order valence-corrected chi connectivity index (χ2v) is 9.38. The first-order valence-corrected chi connectivity index (χ1v) is 11.3. The molecule has 0 spiro atoms. The Kier molecular flexibility index (Phi) is 7.40. The van der Waals surface area contributed by atoms with Crippen LogP contribution in [0.15, 0.2) is 35.6 Å². The molecule has 0 unspecified atom stereocenters. The molecule has 9 heteroatoms.